The zero-order valence-electron chi connectivity index (χ0n) is 19.6. The van der Waals surface area contributed by atoms with Crippen LogP contribution in [0.15, 0.2) is 54.9 Å². The first-order valence-corrected chi connectivity index (χ1v) is 12.7. The molecule has 36 heavy (non-hydrogen) atoms. The van der Waals surface area contributed by atoms with E-state index in [9.17, 15) is 9.90 Å². The van der Waals surface area contributed by atoms with Crippen LogP contribution in [0.25, 0.3) is 10.2 Å². The highest BCUT2D eigenvalue weighted by Gasteiger charge is 2.23. The number of nitrogens with two attached hydrogens (primary N) is 1. The second-order valence-corrected chi connectivity index (χ2v) is 9.90. The molecule has 10 heteroatoms. The van der Waals surface area contributed by atoms with Crippen LogP contribution in [0.4, 0.5) is 11.6 Å². The van der Waals surface area contributed by atoms with E-state index >= 15 is 0 Å². The van der Waals surface area contributed by atoms with E-state index in [2.05, 4.69) is 25.6 Å². The lowest BCUT2D eigenvalue weighted by Gasteiger charge is -2.27. The first kappa shape index (κ1) is 23.8. The van der Waals surface area contributed by atoms with Gasteiger partial charge in [-0.3, -0.25) is 10.2 Å². The van der Waals surface area contributed by atoms with E-state index in [0.29, 0.717) is 28.5 Å². The molecule has 2 aromatic heterocycles. The molecule has 0 atom stereocenters. The highest BCUT2D eigenvalue weighted by atomic mass is 32.1. The Hall–Kier alpha value is -3.89. The van der Waals surface area contributed by atoms with Crippen molar-refractivity contribution in [2.75, 3.05) is 11.1 Å². The number of benzene rings is 2. The Kier molecular flexibility index (Phi) is 6.88. The van der Waals surface area contributed by atoms with Crippen molar-refractivity contribution >= 4 is 44.8 Å². The van der Waals surface area contributed by atoms with Crippen LogP contribution in [0.3, 0.4) is 0 Å². The summed E-state index contributed by atoms with van der Waals surface area (Å²) in [6.45, 7) is 0.347. The summed E-state index contributed by atoms with van der Waals surface area (Å²) in [7, 11) is 0. The van der Waals surface area contributed by atoms with Gasteiger partial charge in [0, 0.05) is 18.2 Å². The predicted octanol–water partition coefficient (Wildman–Crippen LogP) is 3.73. The van der Waals surface area contributed by atoms with Gasteiger partial charge in [-0.25, -0.2) is 15.0 Å². The van der Waals surface area contributed by atoms with E-state index in [1.165, 1.54) is 17.7 Å². The normalized spacial score (nSPS) is 17.6. The molecule has 4 aromatic rings. The molecule has 0 bridgehead atoms. The number of nitrogens with one attached hydrogen (secondary N) is 3. The number of thiazole rings is 1. The highest BCUT2D eigenvalue weighted by Crippen LogP contribution is 2.27. The van der Waals surface area contributed by atoms with Crippen molar-refractivity contribution in [1.82, 2.24) is 20.3 Å². The van der Waals surface area contributed by atoms with Crippen LogP contribution in [-0.4, -0.2) is 43.8 Å². The van der Waals surface area contributed by atoms with Gasteiger partial charge in [-0.05, 0) is 43.4 Å². The van der Waals surface area contributed by atoms with Crippen molar-refractivity contribution in [3.63, 3.8) is 0 Å². The Labute approximate surface area is 212 Å². The third-order valence-electron chi connectivity index (χ3n) is 6.35. The number of amides is 1. The number of nitrogen functional groups attached to an aromatic ring is 1. The number of carbonyl (C=O) groups is 1. The SMILES string of the molecule is N=C(c1ccc(CNC(=O)c2nc3ccccc3s2)cc1)c1c(N)ncnc1NC1CCC(O)CC1. The maximum atomic E-state index is 12.6. The Bertz CT molecular complexity index is 1360. The lowest BCUT2D eigenvalue weighted by molar-refractivity contribution is 0.0950. The second kappa shape index (κ2) is 10.4. The van der Waals surface area contributed by atoms with E-state index in [1.807, 2.05) is 48.5 Å². The van der Waals surface area contributed by atoms with Crippen LogP contribution in [0.2, 0.25) is 0 Å². The average molecular weight is 502 g/mol. The van der Waals surface area contributed by atoms with Crippen LogP contribution in [0.5, 0.6) is 0 Å². The second-order valence-electron chi connectivity index (χ2n) is 8.87. The third-order valence-corrected chi connectivity index (χ3v) is 7.38. The van der Waals surface area contributed by atoms with Crippen molar-refractivity contribution in [1.29, 1.82) is 5.41 Å². The molecule has 0 spiro atoms. The molecule has 1 aliphatic carbocycles. The minimum Gasteiger partial charge on any atom is -0.393 e. The van der Waals surface area contributed by atoms with Crippen LogP contribution in [0.1, 0.15) is 52.2 Å². The van der Waals surface area contributed by atoms with E-state index in [1.54, 1.807) is 0 Å². The van der Waals surface area contributed by atoms with Crippen LogP contribution in [0, 0.1) is 5.41 Å². The summed E-state index contributed by atoms with van der Waals surface area (Å²) in [6.07, 6.45) is 4.28. The Morgan fingerprint density at radius 1 is 1.08 bits per heavy atom. The Balaban J connectivity index is 1.25. The minimum absolute atomic E-state index is 0.163. The molecule has 5 rings (SSSR count). The molecule has 6 N–H and O–H groups in total. The topological polar surface area (TPSA) is 150 Å². The molecule has 1 fully saturated rings. The van der Waals surface area contributed by atoms with Gasteiger partial charge in [-0.2, -0.15) is 0 Å². The molecule has 0 unspecified atom stereocenters. The number of anilines is 2. The molecule has 2 heterocycles. The fourth-order valence-corrected chi connectivity index (χ4v) is 5.21. The summed E-state index contributed by atoms with van der Waals surface area (Å²) in [6, 6.07) is 15.2. The van der Waals surface area contributed by atoms with Gasteiger partial charge in [-0.15, -0.1) is 11.3 Å². The average Bonchev–Trinajstić information content (AvgIpc) is 3.33. The first-order valence-electron chi connectivity index (χ1n) is 11.8. The molecule has 9 nitrogen and oxygen atoms in total. The summed E-state index contributed by atoms with van der Waals surface area (Å²) < 4.78 is 0.976. The summed E-state index contributed by atoms with van der Waals surface area (Å²) in [5.74, 6) is 0.551. The van der Waals surface area contributed by atoms with Crippen LogP contribution in [-0.2, 0) is 6.54 Å². The van der Waals surface area contributed by atoms with E-state index in [-0.39, 0.29) is 29.6 Å². The van der Waals surface area contributed by atoms with Gasteiger partial charge in [0.05, 0.1) is 27.6 Å². The van der Waals surface area contributed by atoms with Crippen molar-refractivity contribution in [3.05, 3.63) is 76.6 Å². The molecule has 184 valence electrons. The maximum Gasteiger partial charge on any atom is 0.280 e. The summed E-state index contributed by atoms with van der Waals surface area (Å²) in [4.78, 5) is 25.4. The summed E-state index contributed by atoms with van der Waals surface area (Å²) in [5, 5.41) is 25.3. The van der Waals surface area contributed by atoms with Gasteiger partial charge >= 0.3 is 0 Å². The lowest BCUT2D eigenvalue weighted by atomic mass is 9.93. The van der Waals surface area contributed by atoms with Crippen molar-refractivity contribution in [2.24, 2.45) is 0 Å². The smallest absolute Gasteiger partial charge is 0.280 e. The third kappa shape index (κ3) is 5.19. The largest absolute Gasteiger partial charge is 0.393 e. The summed E-state index contributed by atoms with van der Waals surface area (Å²) >= 11 is 1.37. The number of hydrogen-bond acceptors (Lipinski definition) is 9. The number of nitrogens with zero attached hydrogens (tertiary/aromatic N) is 3. The number of carbonyl (C=O) groups excluding carboxylic acids is 1. The zero-order valence-corrected chi connectivity index (χ0v) is 20.4. The molecule has 0 radical (unpaired) electrons. The van der Waals surface area contributed by atoms with E-state index < -0.39 is 0 Å². The number of fused-ring (bicyclic) bond motifs is 1. The predicted molar refractivity (Wildman–Crippen MR) is 141 cm³/mol. The lowest BCUT2D eigenvalue weighted by Crippen LogP contribution is -2.29. The zero-order chi connectivity index (χ0) is 25.1. The quantitative estimate of drug-likeness (QED) is 0.242. The van der Waals surface area contributed by atoms with Gasteiger partial charge in [0.1, 0.15) is 18.0 Å². The fourth-order valence-electron chi connectivity index (χ4n) is 4.33. The summed E-state index contributed by atoms with van der Waals surface area (Å²) in [5.41, 5.74) is 9.22. The highest BCUT2D eigenvalue weighted by molar-refractivity contribution is 7.20. The van der Waals surface area contributed by atoms with Gasteiger partial charge in [-0.1, -0.05) is 36.4 Å². The molecule has 0 aliphatic heterocycles. The number of aliphatic hydroxyl groups is 1. The fraction of sp³-hybridized carbons (Fsp3) is 0.269. The number of hydrogen-bond donors (Lipinski definition) is 5. The molecule has 2 aromatic carbocycles. The van der Waals surface area contributed by atoms with Crippen molar-refractivity contribution in [3.8, 4) is 0 Å². The van der Waals surface area contributed by atoms with E-state index in [4.69, 9.17) is 11.1 Å². The van der Waals surface area contributed by atoms with E-state index in [0.717, 1.165) is 41.5 Å². The Morgan fingerprint density at radius 3 is 2.58 bits per heavy atom. The van der Waals surface area contributed by atoms with Crippen LogP contribution >= 0.6 is 11.3 Å². The molecule has 1 saturated carbocycles. The van der Waals surface area contributed by atoms with Crippen molar-refractivity contribution in [2.45, 2.75) is 44.4 Å². The molecule has 0 saturated heterocycles. The first-order chi connectivity index (χ1) is 17.5. The molecular formula is C26H27N7O2S. The molecule has 1 aliphatic rings. The number of rotatable bonds is 7. The van der Waals surface area contributed by atoms with Gasteiger partial charge < -0.3 is 21.5 Å². The molecular weight excluding hydrogens is 474 g/mol. The van der Waals surface area contributed by atoms with Gasteiger partial charge in [0.15, 0.2) is 5.01 Å². The Morgan fingerprint density at radius 2 is 1.83 bits per heavy atom. The van der Waals surface area contributed by atoms with Crippen LogP contribution < -0.4 is 16.4 Å². The molecule has 1 amide bonds. The van der Waals surface area contributed by atoms with Gasteiger partial charge in [0.2, 0.25) is 0 Å². The standard InChI is InChI=1S/C26H27N7O2S/c27-22(21-23(28)30-14-31-24(21)32-17-9-11-18(34)12-10-17)16-7-5-15(6-8-16)13-29-25(35)26-33-19-3-1-2-4-20(19)36-26/h1-8,14,17-18,27,34H,9-13H2,(H,29,35)(H3,28,30,31,32). The number of aliphatic hydroxyl groups excluding tert-OH is 1. The van der Waals surface area contributed by atoms with Gasteiger partial charge in [0.25, 0.3) is 5.91 Å². The maximum absolute atomic E-state index is 12.6. The number of para-hydroxylation sites is 1. The number of aromatic nitrogens is 3. The van der Waals surface area contributed by atoms with Crippen molar-refractivity contribution < 1.29 is 9.90 Å². The monoisotopic (exact) mass is 501 g/mol. The minimum atomic E-state index is -0.249.